The number of carbonyl (C=O) groups excluding carboxylic acids is 1. The number of rotatable bonds is 9. The van der Waals surface area contributed by atoms with E-state index in [1.807, 2.05) is 0 Å². The summed E-state index contributed by atoms with van der Waals surface area (Å²) in [5.74, 6) is 1.53. The second kappa shape index (κ2) is 10.3. The van der Waals surface area contributed by atoms with E-state index in [0.717, 1.165) is 5.75 Å². The van der Waals surface area contributed by atoms with Crippen LogP contribution in [-0.2, 0) is 15.3 Å². The molecule has 0 bridgehead atoms. The van der Waals surface area contributed by atoms with Crippen molar-refractivity contribution in [2.75, 3.05) is 31.4 Å². The number of hydrogen-bond donors (Lipinski definition) is 1. The summed E-state index contributed by atoms with van der Waals surface area (Å²) in [6.45, 7) is 2.87. The highest BCUT2D eigenvalue weighted by Gasteiger charge is 2.11. The topological polar surface area (TPSA) is 47.6 Å². The summed E-state index contributed by atoms with van der Waals surface area (Å²) in [7, 11) is 1.60. The first-order chi connectivity index (χ1) is 12.1. The molecule has 134 valence electrons. The van der Waals surface area contributed by atoms with Crippen LogP contribution in [0.15, 0.2) is 42.5 Å². The van der Waals surface area contributed by atoms with E-state index >= 15 is 0 Å². The molecule has 0 aliphatic heterocycles. The van der Waals surface area contributed by atoms with Gasteiger partial charge in [-0.25, -0.2) is 0 Å². The summed E-state index contributed by atoms with van der Waals surface area (Å²) in [6, 6.07) is 13.6. The summed E-state index contributed by atoms with van der Waals surface area (Å²) in [4.78, 5) is 12.2. The number of nitrogens with one attached hydrogen (secondary N) is 1. The third-order valence-electron chi connectivity index (χ3n) is 3.40. The zero-order valence-corrected chi connectivity index (χ0v) is 16.0. The van der Waals surface area contributed by atoms with Gasteiger partial charge in [-0.2, -0.15) is 0 Å². The minimum absolute atomic E-state index is 0.0871. The van der Waals surface area contributed by atoms with Gasteiger partial charge in [-0.1, -0.05) is 47.5 Å². The van der Waals surface area contributed by atoms with E-state index < -0.39 is 0 Å². The lowest BCUT2D eigenvalue weighted by Gasteiger charge is -2.13. The molecule has 0 aromatic heterocycles. The van der Waals surface area contributed by atoms with Gasteiger partial charge in [0.25, 0.3) is 0 Å². The average Bonchev–Trinajstić information content (AvgIpc) is 2.59. The number of thioether (sulfide) groups is 1. The molecule has 0 radical (unpaired) electrons. The molecular weight excluding hydrogens is 358 g/mol. The fourth-order valence-electron chi connectivity index (χ4n) is 2.11. The third-order valence-corrected chi connectivity index (χ3v) is 4.70. The molecule has 25 heavy (non-hydrogen) atoms. The first-order valence-corrected chi connectivity index (χ1v) is 9.47. The van der Waals surface area contributed by atoms with Crippen molar-refractivity contribution in [1.82, 2.24) is 0 Å². The summed E-state index contributed by atoms with van der Waals surface area (Å²) in [5.41, 5.74) is 3.01. The molecule has 0 saturated heterocycles. The minimum Gasteiger partial charge on any atom is -0.487 e. The molecular formula is C19H22ClNO3S. The molecule has 2 aromatic carbocycles. The maximum atomic E-state index is 12.2. The van der Waals surface area contributed by atoms with Crippen LogP contribution < -0.4 is 10.1 Å². The van der Waals surface area contributed by atoms with Crippen LogP contribution in [0.2, 0.25) is 5.02 Å². The number of methoxy groups -OCH3 is 1. The highest BCUT2D eigenvalue weighted by molar-refractivity contribution is 7.99. The summed E-state index contributed by atoms with van der Waals surface area (Å²) in [6.07, 6.45) is 0. The van der Waals surface area contributed by atoms with Crippen LogP contribution >= 0.6 is 23.4 Å². The van der Waals surface area contributed by atoms with Gasteiger partial charge in [-0.05, 0) is 24.6 Å². The van der Waals surface area contributed by atoms with E-state index in [0.29, 0.717) is 35.4 Å². The molecule has 0 unspecified atom stereocenters. The smallest absolute Gasteiger partial charge is 0.234 e. The van der Waals surface area contributed by atoms with E-state index in [9.17, 15) is 4.79 Å². The number of para-hydroxylation sites is 1. The number of hydrogen-bond acceptors (Lipinski definition) is 4. The molecule has 0 heterocycles. The Morgan fingerprint density at radius 1 is 1.16 bits per heavy atom. The van der Waals surface area contributed by atoms with Crippen LogP contribution in [0.25, 0.3) is 0 Å². The largest absolute Gasteiger partial charge is 0.487 e. The number of amides is 1. The monoisotopic (exact) mass is 379 g/mol. The molecule has 1 N–H and O–H groups in total. The molecule has 0 aliphatic rings. The summed E-state index contributed by atoms with van der Waals surface area (Å²) < 4.78 is 10.6. The molecule has 0 aliphatic carbocycles. The summed E-state index contributed by atoms with van der Waals surface area (Å²) in [5, 5.41) is 3.32. The van der Waals surface area contributed by atoms with E-state index in [2.05, 4.69) is 36.5 Å². The highest BCUT2D eigenvalue weighted by Crippen LogP contribution is 2.33. The van der Waals surface area contributed by atoms with Gasteiger partial charge >= 0.3 is 0 Å². The fourth-order valence-corrected chi connectivity index (χ4v) is 3.13. The Hall–Kier alpha value is -1.69. The predicted molar refractivity (Wildman–Crippen MR) is 105 cm³/mol. The Balaban J connectivity index is 1.87. The number of carbonyl (C=O) groups is 1. The molecule has 0 atom stereocenters. The standard InChI is InChI=1S/C19H22ClNO3S/c1-14-6-8-15(9-7-14)12-25-13-18(22)21-17-5-3-4-16(20)19(17)24-11-10-23-2/h3-9H,10-13H2,1-2H3,(H,21,22). The van der Waals surface area contributed by atoms with Crippen LogP contribution in [0.1, 0.15) is 11.1 Å². The zero-order chi connectivity index (χ0) is 18.1. The summed E-state index contributed by atoms with van der Waals surface area (Å²) >= 11 is 7.73. The average molecular weight is 380 g/mol. The molecule has 1 amide bonds. The number of aryl methyl sites for hydroxylation is 1. The van der Waals surface area contributed by atoms with Crippen LogP contribution in [-0.4, -0.2) is 32.0 Å². The predicted octanol–water partition coefficient (Wildman–Crippen LogP) is 4.55. The lowest BCUT2D eigenvalue weighted by molar-refractivity contribution is -0.113. The Morgan fingerprint density at radius 2 is 1.92 bits per heavy atom. The third kappa shape index (κ3) is 6.61. The molecule has 0 spiro atoms. The van der Waals surface area contributed by atoms with Gasteiger partial charge in [-0.3, -0.25) is 4.79 Å². The molecule has 2 aromatic rings. The Bertz CT molecular complexity index is 692. The molecule has 4 nitrogen and oxygen atoms in total. The molecule has 2 rings (SSSR count). The van der Waals surface area contributed by atoms with E-state index in [1.165, 1.54) is 11.1 Å². The number of anilines is 1. The Kier molecular flexibility index (Phi) is 8.12. The molecule has 0 fully saturated rings. The van der Waals surface area contributed by atoms with Crippen molar-refractivity contribution < 1.29 is 14.3 Å². The van der Waals surface area contributed by atoms with E-state index in [1.54, 1.807) is 37.1 Å². The fraction of sp³-hybridized carbons (Fsp3) is 0.316. The van der Waals surface area contributed by atoms with Crippen LogP contribution in [0.4, 0.5) is 5.69 Å². The van der Waals surface area contributed by atoms with Crippen molar-refractivity contribution >= 4 is 35.0 Å². The lowest BCUT2D eigenvalue weighted by Crippen LogP contribution is -2.16. The lowest BCUT2D eigenvalue weighted by atomic mass is 10.2. The van der Waals surface area contributed by atoms with Crippen molar-refractivity contribution in [2.45, 2.75) is 12.7 Å². The van der Waals surface area contributed by atoms with Gasteiger partial charge < -0.3 is 14.8 Å². The second-order valence-corrected chi connectivity index (χ2v) is 6.88. The van der Waals surface area contributed by atoms with Crippen molar-refractivity contribution in [3.8, 4) is 5.75 Å². The van der Waals surface area contributed by atoms with Crippen molar-refractivity contribution in [2.24, 2.45) is 0 Å². The second-order valence-electron chi connectivity index (χ2n) is 5.48. The van der Waals surface area contributed by atoms with Gasteiger partial charge in [-0.15, -0.1) is 11.8 Å². The van der Waals surface area contributed by atoms with Crippen LogP contribution in [0, 0.1) is 6.92 Å². The van der Waals surface area contributed by atoms with Crippen molar-refractivity contribution in [3.05, 3.63) is 58.6 Å². The quantitative estimate of drug-likeness (QED) is 0.649. The SMILES string of the molecule is COCCOc1c(Cl)cccc1NC(=O)CSCc1ccc(C)cc1. The van der Waals surface area contributed by atoms with Crippen molar-refractivity contribution in [1.29, 1.82) is 0 Å². The first kappa shape index (κ1) is 19.6. The van der Waals surface area contributed by atoms with Gasteiger partial charge in [0.15, 0.2) is 5.75 Å². The number of halogens is 1. The molecule has 6 heteroatoms. The maximum Gasteiger partial charge on any atom is 0.234 e. The first-order valence-electron chi connectivity index (χ1n) is 7.93. The highest BCUT2D eigenvalue weighted by atomic mass is 35.5. The van der Waals surface area contributed by atoms with Crippen molar-refractivity contribution in [3.63, 3.8) is 0 Å². The zero-order valence-electron chi connectivity index (χ0n) is 14.4. The Labute approximate surface area is 157 Å². The Morgan fingerprint density at radius 3 is 2.64 bits per heavy atom. The normalized spacial score (nSPS) is 10.5. The minimum atomic E-state index is -0.0871. The van der Waals surface area contributed by atoms with E-state index in [4.69, 9.17) is 21.1 Å². The van der Waals surface area contributed by atoms with Gasteiger partial charge in [0, 0.05) is 12.9 Å². The van der Waals surface area contributed by atoms with Gasteiger partial charge in [0.05, 0.1) is 23.1 Å². The van der Waals surface area contributed by atoms with Crippen LogP contribution in [0.5, 0.6) is 5.75 Å². The number of benzene rings is 2. The van der Waals surface area contributed by atoms with Crippen LogP contribution in [0.3, 0.4) is 0 Å². The maximum absolute atomic E-state index is 12.2. The van der Waals surface area contributed by atoms with E-state index in [-0.39, 0.29) is 5.91 Å². The number of ether oxygens (including phenoxy) is 2. The van der Waals surface area contributed by atoms with Gasteiger partial charge in [0.2, 0.25) is 5.91 Å². The molecule has 0 saturated carbocycles. The van der Waals surface area contributed by atoms with Gasteiger partial charge in [0.1, 0.15) is 6.61 Å².